The Morgan fingerprint density at radius 2 is 1.27 bits per heavy atom. The summed E-state index contributed by atoms with van der Waals surface area (Å²) in [6, 6.07) is 13.8. The molecule has 0 aliphatic rings. The van der Waals surface area contributed by atoms with E-state index in [4.69, 9.17) is 14.2 Å². The Morgan fingerprint density at radius 1 is 0.771 bits per heavy atom. The highest BCUT2D eigenvalue weighted by Crippen LogP contribution is 2.48. The molecule has 48 heavy (non-hydrogen) atoms. The summed E-state index contributed by atoms with van der Waals surface area (Å²) in [6.45, 7) is 11.7. The monoisotopic (exact) mass is 690 g/mol. The summed E-state index contributed by atoms with van der Waals surface area (Å²) >= 11 is 0. The summed E-state index contributed by atoms with van der Waals surface area (Å²) in [4.78, 5) is 73.6. The molecule has 266 valence electrons. The lowest BCUT2D eigenvalue weighted by atomic mass is 9.88. The molecule has 0 saturated heterocycles. The SMILES string of the molecule is CCOC(=O)CCNC(=O)C(Cc1ccc(-c2ccccc2)cc1)N(C(C(OC(=O)CC)C(C)C)C(OC(=O)CC)C(C)C)P(=O)(O)O. The van der Waals surface area contributed by atoms with Crippen LogP contribution in [0.3, 0.4) is 0 Å². The number of hydrogen-bond donors (Lipinski definition) is 3. The van der Waals surface area contributed by atoms with E-state index in [0.29, 0.717) is 5.56 Å². The maximum absolute atomic E-state index is 14.0. The Hall–Kier alpha value is -3.57. The van der Waals surface area contributed by atoms with Gasteiger partial charge in [-0.15, -0.1) is 0 Å². The quantitative estimate of drug-likeness (QED) is 0.102. The van der Waals surface area contributed by atoms with Gasteiger partial charge in [0.1, 0.15) is 18.2 Å². The van der Waals surface area contributed by atoms with Crippen molar-refractivity contribution in [3.8, 4) is 11.1 Å². The molecule has 0 heterocycles. The van der Waals surface area contributed by atoms with Crippen molar-refractivity contribution in [2.75, 3.05) is 13.2 Å². The first-order valence-corrected chi connectivity index (χ1v) is 18.0. The fourth-order valence-electron chi connectivity index (χ4n) is 5.35. The molecule has 3 N–H and O–H groups in total. The van der Waals surface area contributed by atoms with E-state index in [0.717, 1.165) is 15.8 Å². The van der Waals surface area contributed by atoms with Crippen LogP contribution in [0.5, 0.6) is 0 Å². The lowest BCUT2D eigenvalue weighted by Gasteiger charge is -2.45. The molecular weight excluding hydrogens is 639 g/mol. The molecule has 12 nitrogen and oxygen atoms in total. The number of amides is 1. The Balaban J connectivity index is 2.76. The van der Waals surface area contributed by atoms with Crippen molar-refractivity contribution in [3.63, 3.8) is 0 Å². The number of carbonyl (C=O) groups excluding carboxylic acids is 4. The first-order valence-electron chi connectivity index (χ1n) is 16.4. The van der Waals surface area contributed by atoms with Crippen LogP contribution in [0.2, 0.25) is 0 Å². The van der Waals surface area contributed by atoms with Crippen LogP contribution in [-0.2, 0) is 44.4 Å². The molecule has 2 aromatic rings. The van der Waals surface area contributed by atoms with Gasteiger partial charge in [-0.1, -0.05) is 96.1 Å². The van der Waals surface area contributed by atoms with Crippen LogP contribution in [0, 0.1) is 11.8 Å². The maximum atomic E-state index is 14.0. The molecule has 2 aromatic carbocycles. The van der Waals surface area contributed by atoms with Crippen molar-refractivity contribution >= 4 is 31.6 Å². The van der Waals surface area contributed by atoms with E-state index < -0.39 is 67.7 Å². The van der Waals surface area contributed by atoms with Gasteiger partial charge in [-0.25, -0.2) is 4.57 Å². The number of ether oxygens (including phenoxy) is 3. The minimum absolute atomic E-state index is 0.0154. The van der Waals surface area contributed by atoms with Gasteiger partial charge in [0.2, 0.25) is 5.91 Å². The second-order valence-corrected chi connectivity index (χ2v) is 13.6. The molecule has 1 amide bonds. The van der Waals surface area contributed by atoms with Gasteiger partial charge < -0.3 is 29.3 Å². The topological polar surface area (TPSA) is 169 Å². The van der Waals surface area contributed by atoms with Crippen molar-refractivity contribution in [2.24, 2.45) is 11.8 Å². The van der Waals surface area contributed by atoms with E-state index in [1.54, 1.807) is 60.6 Å². The second-order valence-electron chi connectivity index (χ2n) is 12.1. The van der Waals surface area contributed by atoms with Gasteiger partial charge in [0.05, 0.1) is 19.1 Å². The molecule has 3 atom stereocenters. The predicted molar refractivity (Wildman–Crippen MR) is 181 cm³/mol. The van der Waals surface area contributed by atoms with Crippen LogP contribution in [0.15, 0.2) is 54.6 Å². The summed E-state index contributed by atoms with van der Waals surface area (Å²) < 4.78 is 31.0. The van der Waals surface area contributed by atoms with Crippen molar-refractivity contribution in [2.45, 2.75) is 98.4 Å². The minimum Gasteiger partial charge on any atom is -0.466 e. The first-order chi connectivity index (χ1) is 22.6. The van der Waals surface area contributed by atoms with E-state index >= 15 is 0 Å². The summed E-state index contributed by atoms with van der Waals surface area (Å²) in [6.07, 6.45) is -2.77. The summed E-state index contributed by atoms with van der Waals surface area (Å²) in [5.41, 5.74) is 2.44. The van der Waals surface area contributed by atoms with Gasteiger partial charge in [0.25, 0.3) is 0 Å². The van der Waals surface area contributed by atoms with Crippen LogP contribution < -0.4 is 5.32 Å². The second kappa shape index (κ2) is 19.4. The lowest BCUT2D eigenvalue weighted by molar-refractivity contribution is -0.169. The molecule has 0 radical (unpaired) electrons. The molecule has 2 rings (SSSR count). The van der Waals surface area contributed by atoms with Gasteiger partial charge in [-0.3, -0.25) is 19.2 Å². The third kappa shape index (κ3) is 12.1. The Bertz CT molecular complexity index is 1350. The highest BCUT2D eigenvalue weighted by molar-refractivity contribution is 7.49. The average molecular weight is 691 g/mol. The number of carbonyl (C=O) groups is 4. The van der Waals surface area contributed by atoms with E-state index in [9.17, 15) is 33.5 Å². The summed E-state index contributed by atoms with van der Waals surface area (Å²) in [7, 11) is -5.39. The molecule has 0 bridgehead atoms. The number of esters is 3. The Labute approximate surface area is 283 Å². The van der Waals surface area contributed by atoms with Crippen molar-refractivity contribution in [1.29, 1.82) is 0 Å². The van der Waals surface area contributed by atoms with Crippen LogP contribution in [0.4, 0.5) is 0 Å². The Kier molecular flexibility index (Phi) is 16.4. The summed E-state index contributed by atoms with van der Waals surface area (Å²) in [5, 5.41) is 2.64. The van der Waals surface area contributed by atoms with Crippen molar-refractivity contribution < 1.29 is 47.7 Å². The average Bonchev–Trinajstić information content (AvgIpc) is 3.04. The normalized spacial score (nSPS) is 14.2. The van der Waals surface area contributed by atoms with Gasteiger partial charge in [-0.05, 0) is 41.9 Å². The van der Waals surface area contributed by atoms with Gasteiger partial charge >= 0.3 is 25.7 Å². The molecule has 0 aliphatic heterocycles. The molecular formula is C35H51N2O10P. The molecule has 3 unspecified atom stereocenters. The van der Waals surface area contributed by atoms with Crippen molar-refractivity contribution in [3.05, 3.63) is 60.2 Å². The smallest absolute Gasteiger partial charge is 0.404 e. The molecule has 0 spiro atoms. The maximum Gasteiger partial charge on any atom is 0.404 e. The highest BCUT2D eigenvalue weighted by Gasteiger charge is 2.52. The van der Waals surface area contributed by atoms with Gasteiger partial charge in [0.15, 0.2) is 0 Å². The Morgan fingerprint density at radius 3 is 1.71 bits per heavy atom. The number of hydrogen-bond acceptors (Lipinski definition) is 8. The first kappa shape index (κ1) is 40.6. The number of benzene rings is 2. The lowest BCUT2D eigenvalue weighted by Crippen LogP contribution is -2.61. The molecule has 13 heteroatoms. The largest absolute Gasteiger partial charge is 0.466 e. The minimum atomic E-state index is -5.39. The van der Waals surface area contributed by atoms with Crippen LogP contribution in [0.1, 0.15) is 73.3 Å². The van der Waals surface area contributed by atoms with Crippen LogP contribution in [0.25, 0.3) is 11.1 Å². The molecule has 0 fully saturated rings. The van der Waals surface area contributed by atoms with Gasteiger partial charge in [-0.2, -0.15) is 4.67 Å². The molecule has 0 aromatic heterocycles. The van der Waals surface area contributed by atoms with E-state index in [1.165, 1.54) is 0 Å². The zero-order valence-corrected chi connectivity index (χ0v) is 29.9. The third-order valence-electron chi connectivity index (χ3n) is 7.75. The summed E-state index contributed by atoms with van der Waals surface area (Å²) in [5.74, 6) is -3.61. The standard InChI is InChI=1S/C35H51N2O10P/c1-8-29(38)46-33(23(4)5)32(34(24(6)7)47-30(39)9-2)37(48(42,43)44)28(35(41)36-21-20-31(40)45-10-3)22-25-16-18-27(19-17-25)26-14-12-11-13-15-26/h11-19,23-24,28,32-34H,8-10,20-22H2,1-7H3,(H,36,41)(H2,42,43,44). The fourth-order valence-corrected chi connectivity index (χ4v) is 6.51. The fraction of sp³-hybridized carbons (Fsp3) is 0.543. The number of nitrogens with zero attached hydrogens (tertiary/aromatic N) is 1. The van der Waals surface area contributed by atoms with Gasteiger partial charge in [0, 0.05) is 19.4 Å². The van der Waals surface area contributed by atoms with E-state index in [-0.39, 0.29) is 38.8 Å². The predicted octanol–water partition coefficient (Wildman–Crippen LogP) is 5.05. The van der Waals surface area contributed by atoms with E-state index in [1.807, 2.05) is 42.5 Å². The third-order valence-corrected chi connectivity index (χ3v) is 8.90. The van der Waals surface area contributed by atoms with E-state index in [2.05, 4.69) is 5.32 Å². The number of rotatable bonds is 19. The zero-order chi connectivity index (χ0) is 36.0. The van der Waals surface area contributed by atoms with Crippen molar-refractivity contribution in [1.82, 2.24) is 9.99 Å². The zero-order valence-electron chi connectivity index (χ0n) is 29.0. The van der Waals surface area contributed by atoms with Crippen LogP contribution in [-0.4, -0.2) is 75.7 Å². The molecule has 0 saturated carbocycles. The highest BCUT2D eigenvalue weighted by atomic mass is 31.2. The molecule has 0 aliphatic carbocycles. The van der Waals surface area contributed by atoms with Crippen LogP contribution >= 0.6 is 7.75 Å². The number of nitrogens with one attached hydrogen (secondary N) is 1.